The van der Waals surface area contributed by atoms with Crippen LogP contribution in [0.5, 0.6) is 5.75 Å². The third kappa shape index (κ3) is 3.89. The zero-order valence-corrected chi connectivity index (χ0v) is 10.8. The Balaban J connectivity index is 2.06. The van der Waals surface area contributed by atoms with Crippen LogP contribution in [0.15, 0.2) is 42.5 Å². The highest BCUT2D eigenvalue weighted by atomic mass is 35.5. The van der Waals surface area contributed by atoms with Gasteiger partial charge in [0.1, 0.15) is 16.7 Å². The minimum Gasteiger partial charge on any atom is -0.435 e. The second-order valence-electron chi connectivity index (χ2n) is 3.70. The van der Waals surface area contributed by atoms with Crippen LogP contribution in [0.3, 0.4) is 0 Å². The van der Waals surface area contributed by atoms with Crippen molar-refractivity contribution in [2.24, 2.45) is 0 Å². The smallest absolute Gasteiger partial charge is 0.387 e. The van der Waals surface area contributed by atoms with Gasteiger partial charge in [-0.3, -0.25) is 4.79 Å². The van der Waals surface area contributed by atoms with Gasteiger partial charge < -0.3 is 10.1 Å². The molecule has 20 heavy (non-hydrogen) atoms. The van der Waals surface area contributed by atoms with Crippen molar-refractivity contribution < 1.29 is 18.3 Å². The summed E-state index contributed by atoms with van der Waals surface area (Å²) in [5, 5.41) is 2.79. The van der Waals surface area contributed by atoms with E-state index in [0.29, 0.717) is 5.82 Å². The normalized spacial score (nSPS) is 10.4. The summed E-state index contributed by atoms with van der Waals surface area (Å²) in [7, 11) is 0. The van der Waals surface area contributed by atoms with Crippen molar-refractivity contribution in [3.63, 3.8) is 0 Å². The summed E-state index contributed by atoms with van der Waals surface area (Å²) in [6.45, 7) is -2.90. The van der Waals surface area contributed by atoms with Crippen molar-refractivity contribution in [3.8, 4) is 5.75 Å². The van der Waals surface area contributed by atoms with Gasteiger partial charge in [-0.2, -0.15) is 8.78 Å². The van der Waals surface area contributed by atoms with E-state index in [1.165, 1.54) is 24.3 Å². The molecule has 104 valence electrons. The van der Waals surface area contributed by atoms with Crippen LogP contribution in [0.25, 0.3) is 0 Å². The molecule has 2 rings (SSSR count). The van der Waals surface area contributed by atoms with E-state index in [-0.39, 0.29) is 16.5 Å². The summed E-state index contributed by atoms with van der Waals surface area (Å²) in [6.07, 6.45) is 0. The zero-order chi connectivity index (χ0) is 14.5. The van der Waals surface area contributed by atoms with Crippen molar-refractivity contribution in [3.05, 3.63) is 53.2 Å². The fourth-order valence-electron chi connectivity index (χ4n) is 1.45. The topological polar surface area (TPSA) is 51.2 Å². The Morgan fingerprint density at radius 1 is 1.20 bits per heavy atom. The van der Waals surface area contributed by atoms with Gasteiger partial charge in [0.15, 0.2) is 0 Å². The molecule has 1 heterocycles. The van der Waals surface area contributed by atoms with E-state index >= 15 is 0 Å². The van der Waals surface area contributed by atoms with Crippen LogP contribution in [0.2, 0.25) is 5.15 Å². The zero-order valence-electron chi connectivity index (χ0n) is 10.0. The quantitative estimate of drug-likeness (QED) is 0.878. The molecular weight excluding hydrogens is 290 g/mol. The first-order chi connectivity index (χ1) is 9.54. The van der Waals surface area contributed by atoms with Crippen LogP contribution in [-0.4, -0.2) is 17.5 Å². The molecule has 1 amide bonds. The van der Waals surface area contributed by atoms with Gasteiger partial charge in [0.2, 0.25) is 0 Å². The van der Waals surface area contributed by atoms with Crippen LogP contribution in [0, 0.1) is 0 Å². The van der Waals surface area contributed by atoms with Gasteiger partial charge in [0.25, 0.3) is 5.91 Å². The molecule has 0 bridgehead atoms. The number of ether oxygens (including phenoxy) is 1. The first kappa shape index (κ1) is 14.2. The number of pyridine rings is 1. The molecule has 0 radical (unpaired) electrons. The van der Waals surface area contributed by atoms with Gasteiger partial charge in [-0.1, -0.05) is 17.7 Å². The third-order valence-corrected chi connectivity index (χ3v) is 2.51. The first-order valence-electron chi connectivity index (χ1n) is 5.53. The highest BCUT2D eigenvalue weighted by Crippen LogP contribution is 2.16. The number of anilines is 1. The van der Waals surface area contributed by atoms with Gasteiger partial charge in [0, 0.05) is 5.56 Å². The molecule has 0 atom stereocenters. The lowest BCUT2D eigenvalue weighted by molar-refractivity contribution is -0.0498. The van der Waals surface area contributed by atoms with Crippen molar-refractivity contribution in [1.29, 1.82) is 0 Å². The standard InChI is InChI=1S/C13H9ClF2N2O2/c14-10-2-1-3-11(17-10)18-12(19)8-4-6-9(7-5-8)20-13(15)16/h1-7,13H,(H,17,18,19). The van der Waals surface area contributed by atoms with E-state index in [2.05, 4.69) is 15.0 Å². The fraction of sp³-hybridized carbons (Fsp3) is 0.0769. The molecule has 0 aliphatic carbocycles. The van der Waals surface area contributed by atoms with Crippen molar-refractivity contribution in [1.82, 2.24) is 4.98 Å². The molecule has 0 saturated heterocycles. The second-order valence-corrected chi connectivity index (χ2v) is 4.09. The van der Waals surface area contributed by atoms with Gasteiger partial charge in [0.05, 0.1) is 0 Å². The van der Waals surface area contributed by atoms with Gasteiger partial charge >= 0.3 is 6.61 Å². The lowest BCUT2D eigenvalue weighted by atomic mass is 10.2. The number of hydrogen-bond acceptors (Lipinski definition) is 3. The van der Waals surface area contributed by atoms with E-state index in [1.807, 2.05) is 0 Å². The SMILES string of the molecule is O=C(Nc1cccc(Cl)n1)c1ccc(OC(F)F)cc1. The number of aromatic nitrogens is 1. The van der Waals surface area contributed by atoms with E-state index in [9.17, 15) is 13.6 Å². The Labute approximate surface area is 118 Å². The number of rotatable bonds is 4. The number of halogens is 3. The molecule has 0 spiro atoms. The van der Waals surface area contributed by atoms with Crippen molar-refractivity contribution in [2.45, 2.75) is 6.61 Å². The highest BCUT2D eigenvalue weighted by Gasteiger charge is 2.09. The first-order valence-corrected chi connectivity index (χ1v) is 5.91. The number of benzene rings is 1. The van der Waals surface area contributed by atoms with Crippen LogP contribution in [0.1, 0.15) is 10.4 Å². The number of alkyl halides is 2. The third-order valence-electron chi connectivity index (χ3n) is 2.30. The Morgan fingerprint density at radius 2 is 1.90 bits per heavy atom. The van der Waals surface area contributed by atoms with E-state index in [1.54, 1.807) is 18.2 Å². The average molecular weight is 299 g/mol. The molecule has 0 aliphatic heterocycles. The molecule has 0 fully saturated rings. The lowest BCUT2D eigenvalue weighted by Crippen LogP contribution is -2.13. The summed E-state index contributed by atoms with van der Waals surface area (Å²) >= 11 is 5.69. The molecule has 1 aromatic carbocycles. The molecular formula is C13H9ClF2N2O2. The lowest BCUT2D eigenvalue weighted by Gasteiger charge is -2.06. The Kier molecular flexibility index (Phi) is 4.47. The van der Waals surface area contributed by atoms with Crippen LogP contribution in [-0.2, 0) is 0 Å². The Hall–Kier alpha value is -2.21. The summed E-state index contributed by atoms with van der Waals surface area (Å²) < 4.78 is 28.2. The number of amides is 1. The number of carbonyl (C=O) groups excluding carboxylic acids is 1. The molecule has 0 aliphatic rings. The number of nitrogens with zero attached hydrogens (tertiary/aromatic N) is 1. The van der Waals surface area contributed by atoms with Crippen molar-refractivity contribution in [2.75, 3.05) is 5.32 Å². The number of nitrogens with one attached hydrogen (secondary N) is 1. The maximum atomic E-state index is 12.0. The molecule has 0 unspecified atom stereocenters. The molecule has 0 saturated carbocycles. The van der Waals surface area contributed by atoms with Gasteiger partial charge in [-0.25, -0.2) is 4.98 Å². The second kappa shape index (κ2) is 6.29. The van der Waals surface area contributed by atoms with Crippen molar-refractivity contribution >= 4 is 23.3 Å². The maximum absolute atomic E-state index is 12.0. The number of hydrogen-bond donors (Lipinski definition) is 1. The molecule has 2 aromatic rings. The molecule has 1 aromatic heterocycles. The Bertz CT molecular complexity index is 606. The highest BCUT2D eigenvalue weighted by molar-refractivity contribution is 6.29. The minimum absolute atomic E-state index is 0.0163. The van der Waals surface area contributed by atoms with Crippen LogP contribution < -0.4 is 10.1 Å². The summed E-state index contributed by atoms with van der Waals surface area (Å²) in [5.74, 6) is -0.142. The predicted octanol–water partition coefficient (Wildman–Crippen LogP) is 3.59. The van der Waals surface area contributed by atoms with Crippen LogP contribution >= 0.6 is 11.6 Å². The largest absolute Gasteiger partial charge is 0.435 e. The summed E-state index contributed by atoms with van der Waals surface area (Å²) in [4.78, 5) is 15.8. The van der Waals surface area contributed by atoms with E-state index in [0.717, 1.165) is 0 Å². The average Bonchev–Trinajstić information content (AvgIpc) is 2.38. The predicted molar refractivity (Wildman–Crippen MR) is 70.3 cm³/mol. The van der Waals surface area contributed by atoms with E-state index < -0.39 is 12.5 Å². The molecule has 7 heteroatoms. The maximum Gasteiger partial charge on any atom is 0.387 e. The molecule has 4 nitrogen and oxygen atoms in total. The number of carbonyl (C=O) groups is 1. The Morgan fingerprint density at radius 3 is 2.50 bits per heavy atom. The minimum atomic E-state index is -2.90. The monoisotopic (exact) mass is 298 g/mol. The summed E-state index contributed by atoms with van der Waals surface area (Å²) in [6, 6.07) is 10.1. The fourth-order valence-corrected chi connectivity index (χ4v) is 1.62. The van der Waals surface area contributed by atoms with Gasteiger partial charge in [-0.05, 0) is 36.4 Å². The van der Waals surface area contributed by atoms with Gasteiger partial charge in [-0.15, -0.1) is 0 Å². The molecule has 1 N–H and O–H groups in total. The summed E-state index contributed by atoms with van der Waals surface area (Å²) in [5.41, 5.74) is 0.286. The van der Waals surface area contributed by atoms with E-state index in [4.69, 9.17) is 11.6 Å². The van der Waals surface area contributed by atoms with Crippen LogP contribution in [0.4, 0.5) is 14.6 Å².